The van der Waals surface area contributed by atoms with Gasteiger partial charge in [0.2, 0.25) is 0 Å². The van der Waals surface area contributed by atoms with E-state index in [2.05, 4.69) is 46.7 Å². The molecule has 2 atom stereocenters. The number of hydrogen-bond acceptors (Lipinski definition) is 4. The fourth-order valence-corrected chi connectivity index (χ4v) is 2.92. The lowest BCUT2D eigenvalue weighted by atomic mass is 10.00. The molecule has 19 heavy (non-hydrogen) atoms. The minimum Gasteiger partial charge on any atom is -0.326 e. The lowest BCUT2D eigenvalue weighted by Crippen LogP contribution is -2.58. The van der Waals surface area contributed by atoms with E-state index in [0.29, 0.717) is 6.04 Å². The number of rotatable bonds is 4. The highest BCUT2D eigenvalue weighted by atomic mass is 15.3. The van der Waals surface area contributed by atoms with Crippen LogP contribution in [0, 0.1) is 6.92 Å². The van der Waals surface area contributed by atoms with E-state index in [-0.39, 0.29) is 6.04 Å². The minimum atomic E-state index is 0.161. The van der Waals surface area contributed by atoms with Gasteiger partial charge in [0.25, 0.3) is 0 Å². The second-order valence-corrected chi connectivity index (χ2v) is 5.77. The number of likely N-dealkylation sites (N-methyl/N-ethyl adjacent to an activating group) is 2. The van der Waals surface area contributed by atoms with Crippen LogP contribution in [0.15, 0.2) is 6.07 Å². The van der Waals surface area contributed by atoms with Crippen molar-refractivity contribution in [2.24, 2.45) is 5.73 Å². The lowest BCUT2D eigenvalue weighted by molar-refractivity contribution is 0.0969. The van der Waals surface area contributed by atoms with Gasteiger partial charge in [0.05, 0.1) is 5.69 Å². The van der Waals surface area contributed by atoms with Gasteiger partial charge in [0.1, 0.15) is 0 Å². The SMILES string of the molecule is CCn1nc(C)cc1CC(N)C1CN(C)CCN1C. The first-order chi connectivity index (χ1) is 9.01. The average Bonchev–Trinajstić information content (AvgIpc) is 2.72. The summed E-state index contributed by atoms with van der Waals surface area (Å²) >= 11 is 0. The van der Waals surface area contributed by atoms with Crippen LogP contribution in [0.1, 0.15) is 18.3 Å². The number of piperazine rings is 1. The summed E-state index contributed by atoms with van der Waals surface area (Å²) in [5.41, 5.74) is 8.80. The number of nitrogens with two attached hydrogens (primary N) is 1. The molecule has 0 radical (unpaired) electrons. The fraction of sp³-hybridized carbons (Fsp3) is 0.786. The maximum absolute atomic E-state index is 6.46. The molecule has 1 aromatic heterocycles. The van der Waals surface area contributed by atoms with Gasteiger partial charge in [-0.15, -0.1) is 0 Å². The van der Waals surface area contributed by atoms with Crippen molar-refractivity contribution in [3.05, 3.63) is 17.5 Å². The molecule has 2 heterocycles. The van der Waals surface area contributed by atoms with Gasteiger partial charge in [-0.1, -0.05) is 0 Å². The van der Waals surface area contributed by atoms with E-state index in [1.807, 2.05) is 6.92 Å². The van der Waals surface area contributed by atoms with Gasteiger partial charge in [-0.2, -0.15) is 5.10 Å². The minimum absolute atomic E-state index is 0.161. The van der Waals surface area contributed by atoms with Crippen molar-refractivity contribution in [3.63, 3.8) is 0 Å². The monoisotopic (exact) mass is 265 g/mol. The third-order valence-electron chi connectivity index (χ3n) is 4.12. The molecule has 1 aromatic rings. The molecule has 1 saturated heterocycles. The molecule has 0 amide bonds. The van der Waals surface area contributed by atoms with Crippen LogP contribution < -0.4 is 5.73 Å². The first-order valence-electron chi connectivity index (χ1n) is 7.19. The Bertz CT molecular complexity index is 414. The van der Waals surface area contributed by atoms with E-state index >= 15 is 0 Å². The standard InChI is InChI=1S/C14H27N5/c1-5-19-12(8-11(2)16-19)9-13(15)14-10-17(3)6-7-18(14)4/h8,13-14H,5-7,9-10,15H2,1-4H3. The van der Waals surface area contributed by atoms with Gasteiger partial charge in [-0.3, -0.25) is 9.58 Å². The lowest BCUT2D eigenvalue weighted by Gasteiger charge is -2.40. The molecule has 1 aliphatic rings. The van der Waals surface area contributed by atoms with Gasteiger partial charge in [0.15, 0.2) is 0 Å². The molecule has 1 fully saturated rings. The Hall–Kier alpha value is -0.910. The summed E-state index contributed by atoms with van der Waals surface area (Å²) in [6, 6.07) is 2.75. The quantitative estimate of drug-likeness (QED) is 0.852. The first-order valence-corrected chi connectivity index (χ1v) is 7.19. The van der Waals surface area contributed by atoms with Crippen LogP contribution >= 0.6 is 0 Å². The van der Waals surface area contributed by atoms with E-state index in [1.54, 1.807) is 0 Å². The van der Waals surface area contributed by atoms with E-state index in [1.165, 1.54) is 5.69 Å². The third kappa shape index (κ3) is 3.35. The van der Waals surface area contributed by atoms with Crippen LogP contribution in [-0.4, -0.2) is 65.4 Å². The van der Waals surface area contributed by atoms with Crippen LogP contribution in [0.2, 0.25) is 0 Å². The molecule has 2 rings (SSSR count). The molecule has 0 spiro atoms. The van der Waals surface area contributed by atoms with Gasteiger partial charge < -0.3 is 10.6 Å². The van der Waals surface area contributed by atoms with E-state index in [0.717, 1.165) is 38.3 Å². The first kappa shape index (κ1) is 14.5. The molecule has 2 N–H and O–H groups in total. The zero-order valence-corrected chi connectivity index (χ0v) is 12.6. The molecular formula is C14H27N5. The highest BCUT2D eigenvalue weighted by Gasteiger charge is 2.28. The molecule has 2 unspecified atom stereocenters. The van der Waals surface area contributed by atoms with Crippen LogP contribution in [-0.2, 0) is 13.0 Å². The van der Waals surface area contributed by atoms with Crippen molar-refractivity contribution in [3.8, 4) is 0 Å². The molecule has 1 aliphatic heterocycles. The van der Waals surface area contributed by atoms with Crippen LogP contribution in [0.4, 0.5) is 0 Å². The normalized spacial score (nSPS) is 23.7. The number of aryl methyl sites for hydroxylation is 2. The summed E-state index contributed by atoms with van der Waals surface area (Å²) in [5.74, 6) is 0. The molecule has 108 valence electrons. The Morgan fingerprint density at radius 2 is 2.16 bits per heavy atom. The molecule has 0 saturated carbocycles. The van der Waals surface area contributed by atoms with Crippen LogP contribution in [0.3, 0.4) is 0 Å². The zero-order chi connectivity index (χ0) is 14.0. The average molecular weight is 265 g/mol. The molecule has 0 bridgehead atoms. The number of hydrogen-bond donors (Lipinski definition) is 1. The molecule has 0 aliphatic carbocycles. The Kier molecular flexibility index (Phi) is 4.60. The second kappa shape index (κ2) is 6.03. The maximum Gasteiger partial charge on any atom is 0.0596 e. The van der Waals surface area contributed by atoms with Gasteiger partial charge in [-0.25, -0.2) is 0 Å². The van der Waals surface area contributed by atoms with Crippen molar-refractivity contribution in [2.75, 3.05) is 33.7 Å². The Labute approximate surface area is 116 Å². The van der Waals surface area contributed by atoms with Crippen molar-refractivity contribution in [2.45, 2.75) is 38.9 Å². The van der Waals surface area contributed by atoms with Crippen molar-refractivity contribution in [1.29, 1.82) is 0 Å². The predicted molar refractivity (Wildman–Crippen MR) is 78.2 cm³/mol. The summed E-state index contributed by atoms with van der Waals surface area (Å²) in [7, 11) is 4.35. The highest BCUT2D eigenvalue weighted by Crippen LogP contribution is 2.14. The maximum atomic E-state index is 6.46. The fourth-order valence-electron chi connectivity index (χ4n) is 2.92. The topological polar surface area (TPSA) is 50.3 Å². The number of nitrogens with zero attached hydrogens (tertiary/aromatic N) is 4. The summed E-state index contributed by atoms with van der Waals surface area (Å²) < 4.78 is 2.07. The summed E-state index contributed by atoms with van der Waals surface area (Å²) in [6.45, 7) is 8.36. The second-order valence-electron chi connectivity index (χ2n) is 5.77. The van der Waals surface area contributed by atoms with Crippen molar-refractivity contribution < 1.29 is 0 Å². The Morgan fingerprint density at radius 1 is 1.42 bits per heavy atom. The summed E-state index contributed by atoms with van der Waals surface area (Å²) in [4.78, 5) is 4.76. The summed E-state index contributed by atoms with van der Waals surface area (Å²) in [6.07, 6.45) is 0.900. The van der Waals surface area contributed by atoms with Crippen LogP contribution in [0.5, 0.6) is 0 Å². The third-order valence-corrected chi connectivity index (χ3v) is 4.12. The molecule has 5 heteroatoms. The van der Waals surface area contributed by atoms with E-state index in [9.17, 15) is 0 Å². The number of aromatic nitrogens is 2. The molecule has 5 nitrogen and oxygen atoms in total. The largest absolute Gasteiger partial charge is 0.326 e. The molecule has 0 aromatic carbocycles. The predicted octanol–water partition coefficient (Wildman–Crippen LogP) is 0.327. The highest BCUT2D eigenvalue weighted by molar-refractivity contribution is 5.11. The Balaban J connectivity index is 2.05. The van der Waals surface area contributed by atoms with E-state index < -0.39 is 0 Å². The van der Waals surface area contributed by atoms with Gasteiger partial charge in [-0.05, 0) is 34.0 Å². The van der Waals surface area contributed by atoms with Crippen LogP contribution in [0.25, 0.3) is 0 Å². The van der Waals surface area contributed by atoms with Crippen molar-refractivity contribution in [1.82, 2.24) is 19.6 Å². The van der Waals surface area contributed by atoms with Crippen molar-refractivity contribution >= 4 is 0 Å². The zero-order valence-electron chi connectivity index (χ0n) is 12.6. The molecular weight excluding hydrogens is 238 g/mol. The Morgan fingerprint density at radius 3 is 2.84 bits per heavy atom. The summed E-state index contributed by atoms with van der Waals surface area (Å²) in [5, 5.41) is 4.50. The van der Waals surface area contributed by atoms with Gasteiger partial charge >= 0.3 is 0 Å². The smallest absolute Gasteiger partial charge is 0.0596 e. The van der Waals surface area contributed by atoms with Gasteiger partial charge in [0, 0.05) is 50.4 Å². The van der Waals surface area contributed by atoms with E-state index in [4.69, 9.17) is 5.73 Å².